The second kappa shape index (κ2) is 4.89. The molecule has 1 aromatic carbocycles. The van der Waals surface area contributed by atoms with E-state index in [0.717, 1.165) is 4.90 Å². The molecule has 1 rings (SSSR count). The van der Waals surface area contributed by atoms with Gasteiger partial charge in [-0.3, -0.25) is 0 Å². The van der Waals surface area contributed by atoms with Crippen LogP contribution in [0.3, 0.4) is 0 Å². The Kier molecular flexibility index (Phi) is 4.97. The maximum absolute atomic E-state index is 10.2. The normalized spacial score (nSPS) is 8.60. The Hall–Kier alpha value is 0.153. The molecule has 0 saturated heterocycles. The monoisotopic (exact) mass is 204 g/mol. The number of hydrogen-bond acceptors (Lipinski definition) is 1. The van der Waals surface area contributed by atoms with Gasteiger partial charge in [0.25, 0.3) is 0 Å². The number of rotatable bonds is 1. The van der Waals surface area contributed by atoms with Crippen molar-refractivity contribution in [3.05, 3.63) is 29.8 Å². The van der Waals surface area contributed by atoms with E-state index in [1.54, 1.807) is 0 Å². The molecule has 0 saturated carbocycles. The summed E-state index contributed by atoms with van der Waals surface area (Å²) in [6, 6.07) is 7.59. The van der Waals surface area contributed by atoms with Crippen LogP contribution in [0, 0.1) is 6.92 Å². The molecule has 0 aliphatic heterocycles. The van der Waals surface area contributed by atoms with E-state index in [9.17, 15) is 4.55 Å². The van der Waals surface area contributed by atoms with Crippen LogP contribution in [0.4, 0.5) is 0 Å². The second-order valence-corrected chi connectivity index (χ2v) is 2.63. The van der Waals surface area contributed by atoms with Gasteiger partial charge in [-0.1, -0.05) is 17.7 Å². The van der Waals surface area contributed by atoms with E-state index in [0.29, 0.717) is 0 Å². The third kappa shape index (κ3) is 2.82. The van der Waals surface area contributed by atoms with Crippen molar-refractivity contribution in [1.29, 1.82) is 0 Å². The molecule has 0 bridgehead atoms. The zero-order valence-electron chi connectivity index (χ0n) is 5.87. The minimum absolute atomic E-state index is 0. The largest absolute Gasteiger partial charge is 0.613 e. The van der Waals surface area contributed by atoms with Crippen LogP contribution in [-0.2, 0) is 31.5 Å². The molecule has 0 heterocycles. The van der Waals surface area contributed by atoms with Crippen molar-refractivity contribution in [2.75, 3.05) is 0 Å². The van der Waals surface area contributed by atoms with Crippen LogP contribution in [0.25, 0.3) is 0 Å². The third-order valence-electron chi connectivity index (χ3n) is 1.14. The van der Waals surface area contributed by atoms with Gasteiger partial charge in [0.2, 0.25) is 0 Å². The van der Waals surface area contributed by atoms with Crippen molar-refractivity contribution in [2.45, 2.75) is 11.8 Å². The summed E-state index contributed by atoms with van der Waals surface area (Å²) in [7, 11) is 0. The van der Waals surface area contributed by atoms with Gasteiger partial charge in [0.05, 0.1) is 0 Å². The molecule has 0 amide bonds. The van der Waals surface area contributed by atoms with E-state index in [1.165, 1.54) is 5.56 Å². The molecule has 50 valence electrons. The molecule has 3 heteroatoms. The van der Waals surface area contributed by atoms with Crippen molar-refractivity contribution < 1.29 is 24.0 Å². The van der Waals surface area contributed by atoms with Gasteiger partial charge in [0.1, 0.15) is 4.90 Å². The van der Waals surface area contributed by atoms with E-state index in [4.69, 9.17) is 0 Å². The van der Waals surface area contributed by atoms with E-state index >= 15 is 0 Å². The first kappa shape index (κ1) is 10.2. The molecular formula is C7H8OSZn. The minimum atomic E-state index is 0. The summed E-state index contributed by atoms with van der Waals surface area (Å²) in [4.78, 5) is 0.834. The van der Waals surface area contributed by atoms with Crippen LogP contribution >= 0.6 is 0 Å². The number of hydrogen-bond donors (Lipinski definition) is 0. The Bertz CT molecular complexity index is 185. The summed E-state index contributed by atoms with van der Waals surface area (Å²) >= 11 is 0.102. The summed E-state index contributed by atoms with van der Waals surface area (Å²) in [6.07, 6.45) is 0. The molecular weight excluding hydrogens is 198 g/mol. The fourth-order valence-corrected chi connectivity index (χ4v) is 0.876. The van der Waals surface area contributed by atoms with Crippen LogP contribution in [0.2, 0.25) is 0 Å². The Balaban J connectivity index is 0.000000810. The zero-order valence-corrected chi connectivity index (χ0v) is 9.73. The molecule has 1 aromatic rings. The van der Waals surface area contributed by atoms with E-state index < -0.39 is 0 Å². The molecule has 0 fully saturated rings. The van der Waals surface area contributed by atoms with Crippen molar-refractivity contribution in [2.24, 2.45) is 0 Å². The van der Waals surface area contributed by atoms with Crippen molar-refractivity contribution >= 4 is 12.0 Å². The second-order valence-electron chi connectivity index (χ2n) is 1.93. The first-order valence-corrected chi connectivity index (χ1v) is 3.54. The quantitative estimate of drug-likeness (QED) is 0.385. The fourth-order valence-electron chi connectivity index (χ4n) is 0.606. The minimum Gasteiger partial charge on any atom is -0.613 e. The summed E-state index contributed by atoms with van der Waals surface area (Å²) in [6.45, 7) is 2.01. The SMILES string of the molecule is Cc1ccc([SH+][O-])cc1.[Zn]. The van der Waals surface area contributed by atoms with Gasteiger partial charge in [-0.2, -0.15) is 0 Å². The predicted molar refractivity (Wildman–Crippen MR) is 39.0 cm³/mol. The molecule has 0 aliphatic carbocycles. The molecule has 0 aliphatic rings. The molecule has 0 radical (unpaired) electrons. The van der Waals surface area contributed by atoms with Gasteiger partial charge >= 0.3 is 0 Å². The van der Waals surface area contributed by atoms with Gasteiger partial charge in [0.15, 0.2) is 0 Å². The molecule has 0 spiro atoms. The van der Waals surface area contributed by atoms with Crippen molar-refractivity contribution in [3.8, 4) is 0 Å². The Morgan fingerprint density at radius 2 is 1.70 bits per heavy atom. The smallest absolute Gasteiger partial charge is 0.150 e. The van der Waals surface area contributed by atoms with Gasteiger partial charge in [0, 0.05) is 19.5 Å². The first-order chi connectivity index (χ1) is 4.33. The number of aryl methyl sites for hydroxylation is 1. The third-order valence-corrected chi connectivity index (χ3v) is 1.65. The molecule has 0 aromatic heterocycles. The van der Waals surface area contributed by atoms with Gasteiger partial charge < -0.3 is 4.55 Å². The molecule has 0 atom stereocenters. The van der Waals surface area contributed by atoms with Crippen molar-refractivity contribution in [1.82, 2.24) is 0 Å². The Morgan fingerprint density at radius 3 is 2.10 bits per heavy atom. The molecule has 0 N–H and O–H groups in total. The fraction of sp³-hybridized carbons (Fsp3) is 0.143. The average Bonchev–Trinajstić information content (AvgIpc) is 1.90. The van der Waals surface area contributed by atoms with Gasteiger partial charge in [-0.25, -0.2) is 0 Å². The topological polar surface area (TPSA) is 23.1 Å². The first-order valence-electron chi connectivity index (χ1n) is 2.73. The van der Waals surface area contributed by atoms with E-state index in [-0.39, 0.29) is 31.5 Å². The van der Waals surface area contributed by atoms with Crippen LogP contribution in [0.1, 0.15) is 5.56 Å². The maximum Gasteiger partial charge on any atom is 0.150 e. The summed E-state index contributed by atoms with van der Waals surface area (Å²) in [5.41, 5.74) is 1.20. The standard InChI is InChI=1S/C7H8OS.Zn/c1-6-2-4-7(9-8)5-3-6;/h2-5,9H,1H3;. The van der Waals surface area contributed by atoms with Crippen LogP contribution in [0.5, 0.6) is 0 Å². The van der Waals surface area contributed by atoms with Crippen LogP contribution in [-0.4, -0.2) is 4.55 Å². The zero-order chi connectivity index (χ0) is 6.69. The summed E-state index contributed by atoms with van der Waals surface area (Å²) in [5, 5.41) is 0. The number of benzene rings is 1. The van der Waals surface area contributed by atoms with Gasteiger partial charge in [-0.15, -0.1) is 0 Å². The van der Waals surface area contributed by atoms with Crippen molar-refractivity contribution in [3.63, 3.8) is 0 Å². The van der Waals surface area contributed by atoms with E-state index in [2.05, 4.69) is 0 Å². The van der Waals surface area contributed by atoms with E-state index in [1.807, 2.05) is 31.2 Å². The Morgan fingerprint density at radius 1 is 1.20 bits per heavy atom. The Labute approximate surface area is 77.8 Å². The molecule has 10 heavy (non-hydrogen) atoms. The van der Waals surface area contributed by atoms with Crippen LogP contribution < -0.4 is 0 Å². The summed E-state index contributed by atoms with van der Waals surface area (Å²) in [5.74, 6) is 0. The maximum atomic E-state index is 10.2. The molecule has 1 nitrogen and oxygen atoms in total. The predicted octanol–water partition coefficient (Wildman–Crippen LogP) is 1.30. The summed E-state index contributed by atoms with van der Waals surface area (Å²) < 4.78 is 10.2. The van der Waals surface area contributed by atoms with Gasteiger partial charge in [-0.05, 0) is 31.1 Å². The molecule has 0 unspecified atom stereocenters. The number of thiol groups is 1. The average molecular weight is 206 g/mol. The van der Waals surface area contributed by atoms with Crippen LogP contribution in [0.15, 0.2) is 29.2 Å².